The van der Waals surface area contributed by atoms with E-state index in [2.05, 4.69) is 39.1 Å². The number of hydrogen-bond acceptors (Lipinski definition) is 1. The van der Waals surface area contributed by atoms with Crippen LogP contribution in [0.5, 0.6) is 0 Å². The summed E-state index contributed by atoms with van der Waals surface area (Å²) in [6, 6.07) is 0.745. The lowest BCUT2D eigenvalue weighted by Crippen LogP contribution is -2.37. The Bertz CT molecular complexity index is 199. The Labute approximate surface area is 89.0 Å². The van der Waals surface area contributed by atoms with Crippen molar-refractivity contribution < 1.29 is 0 Å². The largest absolute Gasteiger partial charge is 0.311 e. The molecule has 1 unspecified atom stereocenters. The van der Waals surface area contributed by atoms with Crippen LogP contribution in [0, 0.1) is 5.41 Å². The minimum absolute atomic E-state index is 0.556. The quantitative estimate of drug-likeness (QED) is 0.680. The summed E-state index contributed by atoms with van der Waals surface area (Å²) in [5.41, 5.74) is 1.97. The summed E-state index contributed by atoms with van der Waals surface area (Å²) in [4.78, 5) is 0. The summed E-state index contributed by atoms with van der Waals surface area (Å²) >= 11 is 0. The molecule has 0 aliphatic heterocycles. The molecule has 0 bridgehead atoms. The molecule has 1 nitrogen and oxygen atoms in total. The highest BCUT2D eigenvalue weighted by Gasteiger charge is 2.27. The molecular formula is C13H25N. The van der Waals surface area contributed by atoms with Gasteiger partial charge in [0, 0.05) is 12.6 Å². The molecule has 1 aliphatic carbocycles. The second-order valence-electron chi connectivity index (χ2n) is 5.65. The van der Waals surface area contributed by atoms with Gasteiger partial charge >= 0.3 is 0 Å². The van der Waals surface area contributed by atoms with Gasteiger partial charge in [-0.15, -0.1) is 0 Å². The molecular weight excluding hydrogens is 170 g/mol. The van der Waals surface area contributed by atoms with Crippen LogP contribution in [0.25, 0.3) is 0 Å². The van der Waals surface area contributed by atoms with Crippen LogP contribution in [0.3, 0.4) is 0 Å². The maximum absolute atomic E-state index is 3.63. The van der Waals surface area contributed by atoms with Crippen LogP contribution < -0.4 is 5.32 Å². The minimum Gasteiger partial charge on any atom is -0.311 e. The van der Waals surface area contributed by atoms with Crippen LogP contribution in [-0.4, -0.2) is 12.6 Å². The van der Waals surface area contributed by atoms with Gasteiger partial charge in [0.15, 0.2) is 0 Å². The number of allylic oxidation sites excluding steroid dienone is 1. The fourth-order valence-corrected chi connectivity index (χ4v) is 2.30. The molecule has 0 aromatic carbocycles. The van der Waals surface area contributed by atoms with E-state index in [1.165, 1.54) is 31.3 Å². The molecule has 1 heteroatoms. The van der Waals surface area contributed by atoms with E-state index in [4.69, 9.17) is 0 Å². The summed E-state index contributed by atoms with van der Waals surface area (Å²) in [6.07, 6.45) is 7.76. The third-order valence-electron chi connectivity index (χ3n) is 3.12. The van der Waals surface area contributed by atoms with E-state index in [9.17, 15) is 0 Å². The Hall–Kier alpha value is -0.300. The Kier molecular flexibility index (Phi) is 4.18. The maximum Gasteiger partial charge on any atom is 0.0139 e. The first-order valence-corrected chi connectivity index (χ1v) is 5.86. The van der Waals surface area contributed by atoms with E-state index in [1.807, 2.05) is 0 Å². The van der Waals surface area contributed by atoms with Crippen molar-refractivity contribution in [3.63, 3.8) is 0 Å². The zero-order chi connectivity index (χ0) is 10.6. The van der Waals surface area contributed by atoms with Crippen molar-refractivity contribution in [3.05, 3.63) is 11.6 Å². The van der Waals surface area contributed by atoms with E-state index >= 15 is 0 Å². The lowest BCUT2D eigenvalue weighted by molar-refractivity contribution is 0.201. The van der Waals surface area contributed by atoms with E-state index in [0.717, 1.165) is 12.6 Å². The predicted octanol–water partition coefficient (Wildman–Crippen LogP) is 3.51. The molecule has 0 aromatic heterocycles. The molecule has 0 saturated heterocycles. The molecule has 1 rings (SSSR count). The van der Waals surface area contributed by atoms with Gasteiger partial charge in [-0.25, -0.2) is 0 Å². The van der Waals surface area contributed by atoms with Gasteiger partial charge in [-0.05, 0) is 38.5 Å². The lowest BCUT2D eigenvalue weighted by atomic mass is 9.75. The normalized spacial score (nSPS) is 25.9. The summed E-state index contributed by atoms with van der Waals surface area (Å²) in [5.74, 6) is 0. The van der Waals surface area contributed by atoms with Crippen molar-refractivity contribution in [1.29, 1.82) is 0 Å². The lowest BCUT2D eigenvalue weighted by Gasteiger charge is -2.35. The smallest absolute Gasteiger partial charge is 0.0139 e. The van der Waals surface area contributed by atoms with Gasteiger partial charge in [-0.2, -0.15) is 0 Å². The molecule has 1 aliphatic rings. The van der Waals surface area contributed by atoms with Crippen LogP contribution in [0.1, 0.15) is 53.4 Å². The summed E-state index contributed by atoms with van der Waals surface area (Å²) in [6.45, 7) is 10.1. The molecule has 0 aromatic rings. The van der Waals surface area contributed by atoms with Crippen LogP contribution in [0.15, 0.2) is 11.6 Å². The third-order valence-corrected chi connectivity index (χ3v) is 3.12. The van der Waals surface area contributed by atoms with Crippen molar-refractivity contribution in [2.24, 2.45) is 5.41 Å². The topological polar surface area (TPSA) is 12.0 Å². The standard InChI is InChI=1S/C13H25N/c1-11(2)7-9-14-12-6-5-8-13(3,4)10-12/h7,12,14H,5-6,8-10H2,1-4H3. The van der Waals surface area contributed by atoms with Crippen LogP contribution in [0.4, 0.5) is 0 Å². The molecule has 82 valence electrons. The van der Waals surface area contributed by atoms with Gasteiger partial charge in [-0.1, -0.05) is 31.9 Å². The molecule has 1 saturated carbocycles. The van der Waals surface area contributed by atoms with E-state index in [1.54, 1.807) is 0 Å². The fourth-order valence-electron chi connectivity index (χ4n) is 2.30. The molecule has 0 amide bonds. The van der Waals surface area contributed by atoms with Crippen molar-refractivity contribution in [1.82, 2.24) is 5.32 Å². The van der Waals surface area contributed by atoms with Crippen molar-refractivity contribution in [2.45, 2.75) is 59.4 Å². The Morgan fingerprint density at radius 1 is 1.43 bits per heavy atom. The minimum atomic E-state index is 0.556. The monoisotopic (exact) mass is 195 g/mol. The highest BCUT2D eigenvalue weighted by atomic mass is 14.9. The maximum atomic E-state index is 3.63. The highest BCUT2D eigenvalue weighted by Crippen LogP contribution is 2.34. The molecule has 1 N–H and O–H groups in total. The molecule has 1 atom stereocenters. The number of nitrogens with one attached hydrogen (secondary N) is 1. The van der Waals surface area contributed by atoms with E-state index in [-0.39, 0.29) is 0 Å². The van der Waals surface area contributed by atoms with Crippen molar-refractivity contribution >= 4 is 0 Å². The Morgan fingerprint density at radius 3 is 2.71 bits per heavy atom. The Balaban J connectivity index is 2.28. The van der Waals surface area contributed by atoms with Gasteiger partial charge in [0.2, 0.25) is 0 Å². The zero-order valence-electron chi connectivity index (χ0n) is 10.2. The average Bonchev–Trinajstić information content (AvgIpc) is 2.01. The van der Waals surface area contributed by atoms with Gasteiger partial charge in [0.1, 0.15) is 0 Å². The van der Waals surface area contributed by atoms with Crippen LogP contribution in [0.2, 0.25) is 0 Å². The number of hydrogen-bond donors (Lipinski definition) is 1. The first-order valence-electron chi connectivity index (χ1n) is 5.86. The fraction of sp³-hybridized carbons (Fsp3) is 0.846. The van der Waals surface area contributed by atoms with Crippen molar-refractivity contribution in [3.8, 4) is 0 Å². The van der Waals surface area contributed by atoms with Gasteiger partial charge in [-0.3, -0.25) is 0 Å². The van der Waals surface area contributed by atoms with E-state index in [0.29, 0.717) is 5.41 Å². The Morgan fingerprint density at radius 2 is 2.14 bits per heavy atom. The molecule has 0 spiro atoms. The number of rotatable bonds is 3. The van der Waals surface area contributed by atoms with Crippen LogP contribution >= 0.6 is 0 Å². The summed E-state index contributed by atoms with van der Waals surface area (Å²) in [7, 11) is 0. The first kappa shape index (κ1) is 11.8. The van der Waals surface area contributed by atoms with Gasteiger partial charge in [0.05, 0.1) is 0 Å². The molecule has 14 heavy (non-hydrogen) atoms. The molecule has 0 heterocycles. The predicted molar refractivity (Wildman–Crippen MR) is 63.5 cm³/mol. The second-order valence-corrected chi connectivity index (χ2v) is 5.65. The SMILES string of the molecule is CC(C)=CCNC1CCCC(C)(C)C1. The highest BCUT2D eigenvalue weighted by molar-refractivity contribution is 4.95. The zero-order valence-corrected chi connectivity index (χ0v) is 10.2. The first-order chi connectivity index (χ1) is 6.49. The van der Waals surface area contributed by atoms with Crippen molar-refractivity contribution in [2.75, 3.05) is 6.54 Å². The third kappa shape index (κ3) is 4.28. The average molecular weight is 195 g/mol. The van der Waals surface area contributed by atoms with Crippen LogP contribution in [-0.2, 0) is 0 Å². The molecule has 0 radical (unpaired) electrons. The second kappa shape index (κ2) is 4.97. The summed E-state index contributed by atoms with van der Waals surface area (Å²) in [5, 5.41) is 3.63. The van der Waals surface area contributed by atoms with Gasteiger partial charge < -0.3 is 5.32 Å². The molecule has 1 fully saturated rings. The van der Waals surface area contributed by atoms with Gasteiger partial charge in [0.25, 0.3) is 0 Å². The summed E-state index contributed by atoms with van der Waals surface area (Å²) < 4.78 is 0. The van der Waals surface area contributed by atoms with E-state index < -0.39 is 0 Å².